The molecule has 6 heteroatoms. The van der Waals surface area contributed by atoms with E-state index in [4.69, 9.17) is 4.74 Å². The van der Waals surface area contributed by atoms with Crippen LogP contribution in [0, 0.1) is 0 Å². The fourth-order valence-corrected chi connectivity index (χ4v) is 4.34. The number of H-pyrrole nitrogens is 2. The van der Waals surface area contributed by atoms with Gasteiger partial charge in [0.25, 0.3) is 5.56 Å². The van der Waals surface area contributed by atoms with Gasteiger partial charge in [-0.25, -0.2) is 4.79 Å². The Bertz CT molecular complexity index is 1320. The molecule has 0 bridgehead atoms. The molecule has 0 spiro atoms. The molecule has 3 aromatic rings. The molecule has 0 fully saturated rings. The number of aromatic nitrogens is 2. The van der Waals surface area contributed by atoms with Crippen molar-refractivity contribution >= 4 is 5.57 Å². The molecule has 1 aliphatic carbocycles. The highest BCUT2D eigenvalue weighted by atomic mass is 16.5. The highest BCUT2D eigenvalue weighted by molar-refractivity contribution is 5.83. The molecule has 0 saturated heterocycles. The summed E-state index contributed by atoms with van der Waals surface area (Å²) in [5, 5.41) is 3.23. The zero-order valence-electron chi connectivity index (χ0n) is 19.2. The maximum absolute atomic E-state index is 12.5. The predicted octanol–water partition coefficient (Wildman–Crippen LogP) is 3.86. The highest BCUT2D eigenvalue weighted by Gasteiger charge is 2.25. The number of hydrogen-bond acceptors (Lipinski definition) is 4. The molecule has 2 aromatic carbocycles. The quantitative estimate of drug-likeness (QED) is 0.573. The van der Waals surface area contributed by atoms with Crippen molar-refractivity contribution in [1.82, 2.24) is 15.3 Å². The van der Waals surface area contributed by atoms with E-state index >= 15 is 0 Å². The third kappa shape index (κ3) is 3.94. The number of rotatable bonds is 5. The maximum Gasteiger partial charge on any atom is 0.325 e. The molecule has 0 atom stereocenters. The van der Waals surface area contributed by atoms with Crippen LogP contribution >= 0.6 is 0 Å². The molecule has 3 N–H and O–H groups in total. The van der Waals surface area contributed by atoms with Crippen molar-refractivity contribution in [2.75, 3.05) is 20.7 Å². The summed E-state index contributed by atoms with van der Waals surface area (Å²) >= 11 is 0. The van der Waals surface area contributed by atoms with Crippen molar-refractivity contribution in [2.45, 2.75) is 32.6 Å². The van der Waals surface area contributed by atoms with Crippen LogP contribution in [-0.4, -0.2) is 30.7 Å². The summed E-state index contributed by atoms with van der Waals surface area (Å²) in [4.78, 5) is 29.0. The van der Waals surface area contributed by atoms with Gasteiger partial charge in [-0.15, -0.1) is 0 Å². The van der Waals surface area contributed by atoms with E-state index in [1.54, 1.807) is 7.11 Å². The van der Waals surface area contributed by atoms with Gasteiger partial charge in [-0.1, -0.05) is 45.0 Å². The maximum atomic E-state index is 12.5. The van der Waals surface area contributed by atoms with E-state index in [-0.39, 0.29) is 5.41 Å². The molecule has 32 heavy (non-hydrogen) atoms. The third-order valence-corrected chi connectivity index (χ3v) is 5.93. The number of aromatic amines is 2. The fraction of sp³-hybridized carbons (Fsp3) is 0.308. The second-order valence-corrected chi connectivity index (χ2v) is 9.18. The van der Waals surface area contributed by atoms with Gasteiger partial charge in [-0.2, -0.15) is 0 Å². The minimum Gasteiger partial charge on any atom is -0.496 e. The Morgan fingerprint density at radius 2 is 1.81 bits per heavy atom. The largest absolute Gasteiger partial charge is 0.496 e. The normalized spacial score (nSPS) is 13.1. The molecule has 0 amide bonds. The number of methoxy groups -OCH3 is 1. The average Bonchev–Trinajstić information content (AvgIpc) is 3.14. The summed E-state index contributed by atoms with van der Waals surface area (Å²) in [5.41, 5.74) is 6.80. The van der Waals surface area contributed by atoms with Crippen LogP contribution in [0.25, 0.3) is 27.8 Å². The lowest BCUT2D eigenvalue weighted by atomic mass is 9.82. The second-order valence-electron chi connectivity index (χ2n) is 9.18. The van der Waals surface area contributed by atoms with Gasteiger partial charge in [0.2, 0.25) is 0 Å². The minimum atomic E-state index is -0.521. The molecule has 0 radical (unpaired) electrons. The van der Waals surface area contributed by atoms with E-state index in [0.717, 1.165) is 41.0 Å². The Morgan fingerprint density at radius 1 is 1.03 bits per heavy atom. The summed E-state index contributed by atoms with van der Waals surface area (Å²) in [5.74, 6) is 0.795. The Morgan fingerprint density at radius 3 is 2.47 bits per heavy atom. The van der Waals surface area contributed by atoms with Gasteiger partial charge >= 0.3 is 5.69 Å². The first kappa shape index (κ1) is 21.8. The van der Waals surface area contributed by atoms with Crippen LogP contribution < -0.4 is 21.3 Å². The summed E-state index contributed by atoms with van der Waals surface area (Å²) in [6.07, 6.45) is 4.63. The monoisotopic (exact) mass is 431 g/mol. The zero-order chi connectivity index (χ0) is 23.0. The lowest BCUT2D eigenvalue weighted by molar-refractivity contribution is 0.399. The standard InChI is InChI=1S/C26H29N3O3/c1-26(2,3)22-12-18(21-14-28-25(31)29-24(21)30)11-20(23(22)32-5)16-8-9-19-15(10-16)6-7-17(19)13-27-4/h7-12,14,27H,6,13H2,1-5H3,(H2,28,29,30,31). The van der Waals surface area contributed by atoms with E-state index in [2.05, 4.69) is 60.3 Å². The van der Waals surface area contributed by atoms with Crippen LogP contribution in [0.2, 0.25) is 0 Å². The van der Waals surface area contributed by atoms with Crippen molar-refractivity contribution < 1.29 is 4.74 Å². The van der Waals surface area contributed by atoms with Crippen molar-refractivity contribution in [1.29, 1.82) is 0 Å². The van der Waals surface area contributed by atoms with Gasteiger partial charge < -0.3 is 15.0 Å². The first-order valence-electron chi connectivity index (χ1n) is 10.7. The van der Waals surface area contributed by atoms with Crippen molar-refractivity contribution in [2.24, 2.45) is 0 Å². The number of allylic oxidation sites excluding steroid dienone is 1. The molecule has 1 aliphatic rings. The topological polar surface area (TPSA) is 87.0 Å². The Balaban J connectivity index is 1.94. The van der Waals surface area contributed by atoms with E-state index in [9.17, 15) is 9.59 Å². The number of fused-ring (bicyclic) bond motifs is 1. The summed E-state index contributed by atoms with van der Waals surface area (Å²) < 4.78 is 5.91. The van der Waals surface area contributed by atoms with Gasteiger partial charge in [0.1, 0.15) is 5.75 Å². The van der Waals surface area contributed by atoms with Crippen LogP contribution in [0.4, 0.5) is 0 Å². The summed E-state index contributed by atoms with van der Waals surface area (Å²) in [6, 6.07) is 10.4. The molecule has 4 rings (SSSR count). The molecule has 1 heterocycles. The van der Waals surface area contributed by atoms with Gasteiger partial charge in [0, 0.05) is 23.9 Å². The second kappa shape index (κ2) is 8.28. The molecule has 1 aromatic heterocycles. The number of benzene rings is 2. The van der Waals surface area contributed by atoms with Gasteiger partial charge in [0.15, 0.2) is 0 Å². The Labute approximate surface area is 187 Å². The van der Waals surface area contributed by atoms with E-state index in [1.165, 1.54) is 22.9 Å². The first-order valence-corrected chi connectivity index (χ1v) is 10.7. The number of nitrogens with one attached hydrogen (secondary N) is 3. The molecule has 0 aliphatic heterocycles. The van der Waals surface area contributed by atoms with Crippen LogP contribution in [0.1, 0.15) is 37.5 Å². The molecular weight excluding hydrogens is 402 g/mol. The molecule has 6 nitrogen and oxygen atoms in total. The van der Waals surface area contributed by atoms with Crippen LogP contribution in [0.15, 0.2) is 52.2 Å². The van der Waals surface area contributed by atoms with E-state index in [1.807, 2.05) is 19.2 Å². The van der Waals surface area contributed by atoms with Gasteiger partial charge in [-0.3, -0.25) is 9.78 Å². The molecule has 0 saturated carbocycles. The minimum absolute atomic E-state index is 0.219. The molecular formula is C26H29N3O3. The van der Waals surface area contributed by atoms with Crippen molar-refractivity contribution in [3.8, 4) is 28.0 Å². The average molecular weight is 432 g/mol. The van der Waals surface area contributed by atoms with E-state index < -0.39 is 11.2 Å². The lowest BCUT2D eigenvalue weighted by Gasteiger charge is -2.25. The SMILES string of the molecule is CNCC1=CCc2cc(-c3cc(-c4c[nH]c(=O)[nH]c4=O)cc(C(C)(C)C)c3OC)ccc21. The predicted molar refractivity (Wildman–Crippen MR) is 129 cm³/mol. The first-order chi connectivity index (χ1) is 15.2. The Hall–Kier alpha value is -3.38. The third-order valence-electron chi connectivity index (χ3n) is 5.93. The Kier molecular flexibility index (Phi) is 5.65. The fourth-order valence-electron chi connectivity index (χ4n) is 4.34. The van der Waals surface area contributed by atoms with Crippen LogP contribution in [0.5, 0.6) is 5.75 Å². The summed E-state index contributed by atoms with van der Waals surface area (Å²) in [6.45, 7) is 7.19. The molecule has 0 unspecified atom stereocenters. The highest BCUT2D eigenvalue weighted by Crippen LogP contribution is 2.43. The van der Waals surface area contributed by atoms with E-state index in [0.29, 0.717) is 5.56 Å². The lowest BCUT2D eigenvalue weighted by Crippen LogP contribution is -2.23. The van der Waals surface area contributed by atoms with Gasteiger partial charge in [-0.05, 0) is 58.8 Å². The number of hydrogen-bond donors (Lipinski definition) is 3. The van der Waals surface area contributed by atoms with Crippen LogP contribution in [-0.2, 0) is 11.8 Å². The van der Waals surface area contributed by atoms with Gasteiger partial charge in [0.05, 0.1) is 12.7 Å². The van der Waals surface area contributed by atoms with Crippen LogP contribution in [0.3, 0.4) is 0 Å². The molecule has 166 valence electrons. The van der Waals surface area contributed by atoms with Crippen molar-refractivity contribution in [3.63, 3.8) is 0 Å². The van der Waals surface area contributed by atoms with Crippen molar-refractivity contribution in [3.05, 3.63) is 80.1 Å². The smallest absolute Gasteiger partial charge is 0.325 e. The number of ether oxygens (including phenoxy) is 1. The number of likely N-dealkylation sites (N-methyl/N-ethyl adjacent to an activating group) is 1. The summed E-state index contributed by atoms with van der Waals surface area (Å²) in [7, 11) is 3.64. The zero-order valence-corrected chi connectivity index (χ0v) is 19.2.